The number of nitrogens with zero attached hydrogens (tertiary/aromatic N) is 3. The lowest BCUT2D eigenvalue weighted by molar-refractivity contribution is 0.102. The minimum Gasteiger partial charge on any atom is -0.350 e. The fourth-order valence-electron chi connectivity index (χ4n) is 2.37. The molecule has 3 rings (SSSR count). The predicted molar refractivity (Wildman–Crippen MR) is 97.4 cm³/mol. The molecule has 3 aromatic rings. The molecule has 0 radical (unpaired) electrons. The first-order chi connectivity index (χ1) is 12.3. The summed E-state index contributed by atoms with van der Waals surface area (Å²) >= 11 is 0. The van der Waals surface area contributed by atoms with E-state index in [-0.39, 0.29) is 5.91 Å². The molecule has 2 heterocycles. The Morgan fingerprint density at radius 1 is 1.04 bits per heavy atom. The molecule has 0 spiro atoms. The molecular weight excluding hydrogens is 314 g/mol. The lowest BCUT2D eigenvalue weighted by Gasteiger charge is -2.10. The summed E-state index contributed by atoms with van der Waals surface area (Å²) in [5.74, 6) is 0.245. The van der Waals surface area contributed by atoms with Crippen molar-refractivity contribution in [2.45, 2.75) is 19.9 Å². The molecule has 2 N–H and O–H groups in total. The van der Waals surface area contributed by atoms with E-state index in [9.17, 15) is 4.79 Å². The van der Waals surface area contributed by atoms with Gasteiger partial charge in [-0.05, 0) is 29.7 Å². The van der Waals surface area contributed by atoms with Crippen LogP contribution in [0, 0.1) is 0 Å². The molecule has 1 amide bonds. The van der Waals surface area contributed by atoms with Crippen LogP contribution in [0.3, 0.4) is 0 Å². The molecule has 0 saturated carbocycles. The third kappa shape index (κ3) is 4.38. The lowest BCUT2D eigenvalue weighted by atomic mass is 10.1. The molecule has 0 atom stereocenters. The quantitative estimate of drug-likeness (QED) is 0.723. The van der Waals surface area contributed by atoms with Gasteiger partial charge in [0.15, 0.2) is 0 Å². The van der Waals surface area contributed by atoms with E-state index in [1.807, 2.05) is 36.4 Å². The van der Waals surface area contributed by atoms with Gasteiger partial charge in [-0.15, -0.1) is 0 Å². The Balaban J connectivity index is 1.62. The van der Waals surface area contributed by atoms with Crippen LogP contribution >= 0.6 is 0 Å². The number of amides is 1. The molecule has 0 aliphatic carbocycles. The number of carbonyl (C=O) groups is 1. The number of aryl methyl sites for hydroxylation is 1. The second-order valence-corrected chi connectivity index (χ2v) is 5.47. The number of anilines is 2. The minimum absolute atomic E-state index is 0.222. The van der Waals surface area contributed by atoms with Gasteiger partial charge in [0.2, 0.25) is 5.95 Å². The van der Waals surface area contributed by atoms with E-state index in [2.05, 4.69) is 32.5 Å². The fourth-order valence-corrected chi connectivity index (χ4v) is 2.37. The summed E-state index contributed by atoms with van der Waals surface area (Å²) in [7, 11) is 0. The van der Waals surface area contributed by atoms with E-state index < -0.39 is 0 Å². The molecule has 0 unspecified atom stereocenters. The molecule has 6 nitrogen and oxygen atoms in total. The number of benzene rings is 1. The lowest BCUT2D eigenvalue weighted by Crippen LogP contribution is -2.14. The van der Waals surface area contributed by atoms with Gasteiger partial charge in [-0.3, -0.25) is 9.78 Å². The van der Waals surface area contributed by atoms with Crippen molar-refractivity contribution in [2.24, 2.45) is 0 Å². The second kappa shape index (κ2) is 8.01. The Bertz CT molecular complexity index is 834. The molecule has 0 aliphatic heterocycles. The molecule has 25 heavy (non-hydrogen) atoms. The van der Waals surface area contributed by atoms with E-state index in [0.29, 0.717) is 18.1 Å². The standard InChI is InChI=1S/C19H19N5O/c1-2-15-7-3-4-8-17(15)24-18(25)16-12-22-19(23-13-16)21-11-14-6-5-9-20-10-14/h3-10,12-13H,2,11H2,1H3,(H,24,25)(H,21,22,23). The summed E-state index contributed by atoms with van der Waals surface area (Å²) in [5, 5.41) is 6.01. The zero-order valence-corrected chi connectivity index (χ0v) is 13.9. The Morgan fingerprint density at radius 3 is 2.56 bits per heavy atom. The van der Waals surface area contributed by atoms with Crippen LogP contribution in [0.5, 0.6) is 0 Å². The van der Waals surface area contributed by atoms with E-state index in [1.165, 1.54) is 12.4 Å². The molecule has 0 saturated heterocycles. The highest BCUT2D eigenvalue weighted by molar-refractivity contribution is 6.04. The Kier molecular flexibility index (Phi) is 5.31. The van der Waals surface area contributed by atoms with Gasteiger partial charge in [0.25, 0.3) is 5.91 Å². The molecule has 0 fully saturated rings. The minimum atomic E-state index is -0.222. The average Bonchev–Trinajstić information content (AvgIpc) is 2.68. The molecule has 0 bridgehead atoms. The van der Waals surface area contributed by atoms with Crippen LogP contribution in [-0.2, 0) is 13.0 Å². The maximum absolute atomic E-state index is 12.4. The van der Waals surface area contributed by atoms with E-state index in [4.69, 9.17) is 0 Å². The first-order valence-electron chi connectivity index (χ1n) is 8.10. The predicted octanol–water partition coefficient (Wildman–Crippen LogP) is 3.30. The smallest absolute Gasteiger partial charge is 0.258 e. The second-order valence-electron chi connectivity index (χ2n) is 5.47. The molecule has 2 aromatic heterocycles. The monoisotopic (exact) mass is 333 g/mol. The zero-order valence-electron chi connectivity index (χ0n) is 13.9. The molecule has 6 heteroatoms. The Hall–Kier alpha value is -3.28. The van der Waals surface area contributed by atoms with Crippen molar-refractivity contribution in [1.29, 1.82) is 0 Å². The van der Waals surface area contributed by atoms with Gasteiger partial charge in [-0.1, -0.05) is 31.2 Å². The summed E-state index contributed by atoms with van der Waals surface area (Å²) in [6.45, 7) is 2.63. The summed E-state index contributed by atoms with van der Waals surface area (Å²) in [6, 6.07) is 11.6. The number of hydrogen-bond donors (Lipinski definition) is 2. The highest BCUT2D eigenvalue weighted by Crippen LogP contribution is 2.16. The van der Waals surface area contributed by atoms with Gasteiger partial charge in [-0.25, -0.2) is 9.97 Å². The van der Waals surface area contributed by atoms with Crippen molar-refractivity contribution < 1.29 is 4.79 Å². The van der Waals surface area contributed by atoms with E-state index in [1.54, 1.807) is 12.4 Å². The van der Waals surface area contributed by atoms with Crippen LogP contribution < -0.4 is 10.6 Å². The molecule has 126 valence electrons. The van der Waals surface area contributed by atoms with Crippen LogP contribution in [0.15, 0.2) is 61.2 Å². The Morgan fingerprint density at radius 2 is 1.84 bits per heavy atom. The Labute approximate surface area is 146 Å². The van der Waals surface area contributed by atoms with Gasteiger partial charge in [0, 0.05) is 37.0 Å². The van der Waals surface area contributed by atoms with E-state index >= 15 is 0 Å². The van der Waals surface area contributed by atoms with Gasteiger partial charge in [-0.2, -0.15) is 0 Å². The number of para-hydroxylation sites is 1. The number of hydrogen-bond acceptors (Lipinski definition) is 5. The van der Waals surface area contributed by atoms with Gasteiger partial charge >= 0.3 is 0 Å². The first kappa shape index (κ1) is 16.6. The van der Waals surface area contributed by atoms with Gasteiger partial charge < -0.3 is 10.6 Å². The SMILES string of the molecule is CCc1ccccc1NC(=O)c1cnc(NCc2cccnc2)nc1. The third-order valence-corrected chi connectivity index (χ3v) is 3.73. The fraction of sp³-hybridized carbons (Fsp3) is 0.158. The van der Waals surface area contributed by atoms with Gasteiger partial charge in [0.1, 0.15) is 0 Å². The van der Waals surface area contributed by atoms with Crippen LogP contribution in [0.1, 0.15) is 28.4 Å². The summed E-state index contributed by atoms with van der Waals surface area (Å²) in [6.07, 6.45) is 7.39. The van der Waals surface area contributed by atoms with Crippen molar-refractivity contribution in [3.05, 3.63) is 77.9 Å². The number of pyridine rings is 1. The molecule has 0 aliphatic rings. The maximum Gasteiger partial charge on any atom is 0.258 e. The van der Waals surface area contributed by atoms with Crippen molar-refractivity contribution in [3.8, 4) is 0 Å². The number of carbonyl (C=O) groups excluding carboxylic acids is 1. The maximum atomic E-state index is 12.4. The summed E-state index contributed by atoms with van der Waals surface area (Å²) in [4.78, 5) is 24.8. The number of rotatable bonds is 6. The highest BCUT2D eigenvalue weighted by Gasteiger charge is 2.09. The highest BCUT2D eigenvalue weighted by atomic mass is 16.1. The van der Waals surface area contributed by atoms with E-state index in [0.717, 1.165) is 23.2 Å². The number of aromatic nitrogens is 3. The zero-order chi connectivity index (χ0) is 17.5. The van der Waals surface area contributed by atoms with Crippen LogP contribution in [-0.4, -0.2) is 20.9 Å². The average molecular weight is 333 g/mol. The van der Waals surface area contributed by atoms with Crippen molar-refractivity contribution in [3.63, 3.8) is 0 Å². The van der Waals surface area contributed by atoms with Crippen molar-refractivity contribution in [2.75, 3.05) is 10.6 Å². The number of nitrogens with one attached hydrogen (secondary N) is 2. The van der Waals surface area contributed by atoms with Crippen LogP contribution in [0.2, 0.25) is 0 Å². The largest absolute Gasteiger partial charge is 0.350 e. The molecular formula is C19H19N5O. The van der Waals surface area contributed by atoms with Crippen LogP contribution in [0.25, 0.3) is 0 Å². The summed E-state index contributed by atoms with van der Waals surface area (Å²) < 4.78 is 0. The van der Waals surface area contributed by atoms with Gasteiger partial charge in [0.05, 0.1) is 5.56 Å². The third-order valence-electron chi connectivity index (χ3n) is 3.73. The first-order valence-corrected chi connectivity index (χ1v) is 8.10. The van der Waals surface area contributed by atoms with Crippen molar-refractivity contribution >= 4 is 17.5 Å². The summed E-state index contributed by atoms with van der Waals surface area (Å²) in [5.41, 5.74) is 3.35. The van der Waals surface area contributed by atoms with Crippen LogP contribution in [0.4, 0.5) is 11.6 Å². The molecule has 1 aromatic carbocycles. The normalized spacial score (nSPS) is 10.3. The van der Waals surface area contributed by atoms with Crippen molar-refractivity contribution in [1.82, 2.24) is 15.0 Å². The topological polar surface area (TPSA) is 79.8 Å².